The van der Waals surface area contributed by atoms with Crippen LogP contribution in [0.4, 0.5) is 0 Å². The highest BCUT2D eigenvalue weighted by Crippen LogP contribution is 2.29. The summed E-state index contributed by atoms with van der Waals surface area (Å²) in [6, 6.07) is 4.32. The van der Waals surface area contributed by atoms with E-state index < -0.39 is 0 Å². The molecule has 29 heavy (non-hydrogen) atoms. The summed E-state index contributed by atoms with van der Waals surface area (Å²) in [6.45, 7) is 8.52. The van der Waals surface area contributed by atoms with E-state index in [1.807, 2.05) is 17.0 Å². The molecule has 1 aliphatic heterocycles. The summed E-state index contributed by atoms with van der Waals surface area (Å²) in [4.78, 5) is 17.5. The second-order valence-electron chi connectivity index (χ2n) is 8.65. The van der Waals surface area contributed by atoms with Crippen LogP contribution in [0.3, 0.4) is 0 Å². The summed E-state index contributed by atoms with van der Waals surface area (Å²) in [5.41, 5.74) is 3.04. The quantitative estimate of drug-likeness (QED) is 0.746. The molecule has 1 fully saturated rings. The summed E-state index contributed by atoms with van der Waals surface area (Å²) in [5, 5.41) is 4.82. The third-order valence-corrected chi connectivity index (χ3v) is 5.97. The highest BCUT2D eigenvalue weighted by molar-refractivity contribution is 5.94. The van der Waals surface area contributed by atoms with Crippen LogP contribution in [0.15, 0.2) is 22.8 Å². The topological polar surface area (TPSA) is 63.7 Å². The predicted octanol–water partition coefficient (Wildman–Crippen LogP) is 2.59. The van der Waals surface area contributed by atoms with Gasteiger partial charge in [-0.3, -0.25) is 14.4 Å². The lowest BCUT2D eigenvalue weighted by molar-refractivity contribution is 0.0297. The SMILES string of the molecule is CC(C)Cn1nc(C(=O)N2CCOCC2)c2c1CC[C@H](N(C)Cc1ccco1)C2. The van der Waals surface area contributed by atoms with Crippen LogP contribution >= 0.6 is 0 Å². The Kier molecular flexibility index (Phi) is 6.06. The van der Waals surface area contributed by atoms with Gasteiger partial charge in [-0.15, -0.1) is 0 Å². The molecule has 2 aromatic rings. The van der Waals surface area contributed by atoms with Gasteiger partial charge < -0.3 is 14.1 Å². The molecule has 158 valence electrons. The third-order valence-electron chi connectivity index (χ3n) is 5.97. The van der Waals surface area contributed by atoms with Crippen LogP contribution in [0.25, 0.3) is 0 Å². The van der Waals surface area contributed by atoms with Crippen molar-refractivity contribution in [3.8, 4) is 0 Å². The first-order valence-corrected chi connectivity index (χ1v) is 10.7. The van der Waals surface area contributed by atoms with E-state index in [2.05, 4.69) is 30.5 Å². The lowest BCUT2D eigenvalue weighted by Crippen LogP contribution is -2.42. The number of ether oxygens (including phenoxy) is 1. The number of aromatic nitrogens is 2. The van der Waals surface area contributed by atoms with Crippen molar-refractivity contribution in [3.63, 3.8) is 0 Å². The molecule has 0 saturated carbocycles. The molecular weight excluding hydrogens is 368 g/mol. The lowest BCUT2D eigenvalue weighted by atomic mass is 9.90. The van der Waals surface area contributed by atoms with E-state index in [4.69, 9.17) is 14.3 Å². The van der Waals surface area contributed by atoms with Crippen LogP contribution in [0.1, 0.15) is 47.8 Å². The second kappa shape index (κ2) is 8.71. The number of rotatable bonds is 6. The van der Waals surface area contributed by atoms with Gasteiger partial charge in [-0.05, 0) is 44.4 Å². The van der Waals surface area contributed by atoms with E-state index in [0.29, 0.717) is 44.0 Å². The molecular formula is C22H32N4O3. The van der Waals surface area contributed by atoms with Crippen LogP contribution < -0.4 is 0 Å². The average Bonchev–Trinajstić information content (AvgIpc) is 3.35. The van der Waals surface area contributed by atoms with Gasteiger partial charge in [0.2, 0.25) is 0 Å². The minimum Gasteiger partial charge on any atom is -0.468 e. The minimum absolute atomic E-state index is 0.0568. The maximum Gasteiger partial charge on any atom is 0.274 e. The molecule has 1 saturated heterocycles. The fourth-order valence-electron chi connectivity index (χ4n) is 4.41. The monoisotopic (exact) mass is 400 g/mol. The Morgan fingerprint density at radius 3 is 2.83 bits per heavy atom. The Hall–Kier alpha value is -2.12. The molecule has 0 spiro atoms. The fraction of sp³-hybridized carbons (Fsp3) is 0.636. The number of hydrogen-bond acceptors (Lipinski definition) is 5. The summed E-state index contributed by atoms with van der Waals surface area (Å²) in [7, 11) is 2.14. The van der Waals surface area contributed by atoms with Gasteiger partial charge in [0.25, 0.3) is 5.91 Å². The number of nitrogens with zero attached hydrogens (tertiary/aromatic N) is 4. The average molecular weight is 401 g/mol. The molecule has 7 nitrogen and oxygen atoms in total. The first-order valence-electron chi connectivity index (χ1n) is 10.7. The van der Waals surface area contributed by atoms with E-state index in [1.54, 1.807) is 6.26 Å². The summed E-state index contributed by atoms with van der Waals surface area (Å²) < 4.78 is 13.0. The van der Waals surface area contributed by atoms with E-state index >= 15 is 0 Å². The van der Waals surface area contributed by atoms with Crippen LogP contribution in [0.5, 0.6) is 0 Å². The van der Waals surface area contributed by atoms with Crippen LogP contribution in [-0.4, -0.2) is 64.9 Å². The minimum atomic E-state index is 0.0568. The maximum atomic E-state index is 13.3. The van der Waals surface area contributed by atoms with Crippen molar-refractivity contribution in [3.05, 3.63) is 41.1 Å². The molecule has 4 rings (SSSR count). The molecule has 3 heterocycles. The van der Waals surface area contributed by atoms with Crippen LogP contribution in [0, 0.1) is 5.92 Å². The number of carbonyl (C=O) groups excluding carboxylic acids is 1. The number of likely N-dealkylation sites (N-methyl/N-ethyl adjacent to an activating group) is 1. The first kappa shape index (κ1) is 20.2. The van der Waals surface area contributed by atoms with Crippen molar-refractivity contribution >= 4 is 5.91 Å². The Morgan fingerprint density at radius 1 is 1.34 bits per heavy atom. The number of amides is 1. The summed E-state index contributed by atoms with van der Waals surface area (Å²) in [5.74, 6) is 1.52. The molecule has 7 heteroatoms. The first-order chi connectivity index (χ1) is 14.0. The Morgan fingerprint density at radius 2 is 2.14 bits per heavy atom. The van der Waals surface area contributed by atoms with Crippen molar-refractivity contribution < 1.29 is 13.9 Å². The van der Waals surface area contributed by atoms with Gasteiger partial charge in [-0.1, -0.05) is 13.8 Å². The number of carbonyl (C=O) groups is 1. The highest BCUT2D eigenvalue weighted by atomic mass is 16.5. The largest absolute Gasteiger partial charge is 0.468 e. The Bertz CT molecular complexity index is 821. The highest BCUT2D eigenvalue weighted by Gasteiger charge is 2.33. The van der Waals surface area contributed by atoms with Crippen molar-refractivity contribution in [1.82, 2.24) is 19.6 Å². The van der Waals surface area contributed by atoms with Gasteiger partial charge in [-0.25, -0.2) is 0 Å². The molecule has 1 aliphatic carbocycles. The van der Waals surface area contributed by atoms with Crippen molar-refractivity contribution in [2.75, 3.05) is 33.4 Å². The third kappa shape index (κ3) is 4.41. The molecule has 2 aliphatic rings. The zero-order valence-corrected chi connectivity index (χ0v) is 17.8. The molecule has 0 aromatic carbocycles. The number of morpholine rings is 1. The Balaban J connectivity index is 1.58. The maximum absolute atomic E-state index is 13.3. The fourth-order valence-corrected chi connectivity index (χ4v) is 4.41. The van der Waals surface area contributed by atoms with Crippen molar-refractivity contribution in [2.45, 2.75) is 52.2 Å². The Labute approximate surface area is 172 Å². The van der Waals surface area contributed by atoms with E-state index in [0.717, 1.165) is 43.7 Å². The number of fused-ring (bicyclic) bond motifs is 1. The van der Waals surface area contributed by atoms with Gasteiger partial charge in [0.05, 0.1) is 26.0 Å². The molecule has 1 atom stereocenters. The van der Waals surface area contributed by atoms with Crippen LogP contribution in [0.2, 0.25) is 0 Å². The molecule has 0 N–H and O–H groups in total. The van der Waals surface area contributed by atoms with Crippen molar-refractivity contribution in [1.29, 1.82) is 0 Å². The normalized spacial score (nSPS) is 19.8. The zero-order valence-electron chi connectivity index (χ0n) is 17.8. The van der Waals surface area contributed by atoms with Crippen molar-refractivity contribution in [2.24, 2.45) is 5.92 Å². The van der Waals surface area contributed by atoms with Gasteiger partial charge >= 0.3 is 0 Å². The van der Waals surface area contributed by atoms with Gasteiger partial charge in [-0.2, -0.15) is 5.10 Å². The van der Waals surface area contributed by atoms with Crippen LogP contribution in [-0.2, 0) is 30.7 Å². The standard InChI is InChI=1S/C22H32N4O3/c1-16(2)14-26-20-7-6-17(24(3)15-18-5-4-10-29-18)13-19(20)21(23-26)22(27)25-8-11-28-12-9-25/h4-5,10,16-17H,6-9,11-15H2,1-3H3/t17-/m0/s1. The van der Waals surface area contributed by atoms with E-state index in [9.17, 15) is 4.79 Å². The second-order valence-corrected chi connectivity index (χ2v) is 8.65. The van der Waals surface area contributed by atoms with E-state index in [1.165, 1.54) is 5.69 Å². The summed E-state index contributed by atoms with van der Waals surface area (Å²) >= 11 is 0. The lowest BCUT2D eigenvalue weighted by Gasteiger charge is -2.32. The predicted molar refractivity (Wildman–Crippen MR) is 110 cm³/mol. The number of furan rings is 1. The van der Waals surface area contributed by atoms with Gasteiger partial charge in [0, 0.05) is 36.9 Å². The molecule has 1 amide bonds. The van der Waals surface area contributed by atoms with E-state index in [-0.39, 0.29) is 5.91 Å². The molecule has 2 aromatic heterocycles. The molecule has 0 unspecified atom stereocenters. The van der Waals surface area contributed by atoms with Gasteiger partial charge in [0.1, 0.15) is 5.76 Å². The molecule has 0 radical (unpaired) electrons. The molecule has 0 bridgehead atoms. The zero-order chi connectivity index (χ0) is 20.4. The van der Waals surface area contributed by atoms with Gasteiger partial charge in [0.15, 0.2) is 5.69 Å². The summed E-state index contributed by atoms with van der Waals surface area (Å²) in [6.07, 6.45) is 4.60. The smallest absolute Gasteiger partial charge is 0.274 e. The number of hydrogen-bond donors (Lipinski definition) is 0.